The molecule has 2 amide bonds. The number of rotatable bonds is 17. The number of hydrogen-bond donors (Lipinski definition) is 4. The van der Waals surface area contributed by atoms with Gasteiger partial charge < -0.3 is 26.2 Å². The van der Waals surface area contributed by atoms with Crippen LogP contribution < -0.4 is 16.4 Å². The van der Waals surface area contributed by atoms with E-state index in [1.165, 1.54) is 16.4 Å². The average Bonchev–Trinajstić information content (AvgIpc) is 3.62. The summed E-state index contributed by atoms with van der Waals surface area (Å²) in [6.45, 7) is 4.95. The van der Waals surface area contributed by atoms with Crippen LogP contribution in [0.3, 0.4) is 0 Å². The second-order valence-electron chi connectivity index (χ2n) is 12.5. The van der Waals surface area contributed by atoms with Crippen molar-refractivity contribution in [3.8, 4) is 0 Å². The number of carbonyl (C=O) groups is 2. The second-order valence-corrected chi connectivity index (χ2v) is 14.4. The van der Waals surface area contributed by atoms with Crippen molar-refractivity contribution in [3.63, 3.8) is 0 Å². The molecular formula is C36H48N4O6S. The maximum absolute atomic E-state index is 13.9. The number of amides is 2. The normalized spacial score (nSPS) is 16.3. The fraction of sp³-hybridized carbons (Fsp3) is 0.444. The van der Waals surface area contributed by atoms with Crippen LogP contribution in [0.1, 0.15) is 56.6 Å². The summed E-state index contributed by atoms with van der Waals surface area (Å²) < 4.78 is 34.0. The Balaban J connectivity index is 1.45. The van der Waals surface area contributed by atoms with Crippen LogP contribution in [0.2, 0.25) is 0 Å². The number of carbonyl (C=O) groups excluding carboxylic acids is 2. The summed E-state index contributed by atoms with van der Waals surface area (Å²) in [6, 6.07) is 23.9. The standard InChI is InChI=1S/C36H48N4O6S/c1-26(2)23-40(47(44,45)32-18-16-30(37)17-19-32)31(24-41)15-9-10-21-38-36(43)34(39-35(42)29-20-22-46-25-29)33(27-11-5-3-6-12-27)28-13-7-4-8-14-28/h3-8,11-14,16-19,26,29,31,33-34,41H,9-10,15,20-25,37H2,1-2H3,(H,38,43)(H,39,42)/t29?,31-,34-/m0/s1. The summed E-state index contributed by atoms with van der Waals surface area (Å²) in [4.78, 5) is 27.3. The second kappa shape index (κ2) is 17.4. The van der Waals surface area contributed by atoms with E-state index in [1.54, 1.807) is 12.1 Å². The molecule has 0 spiro atoms. The molecule has 254 valence electrons. The molecule has 1 heterocycles. The number of ether oxygens (including phenoxy) is 1. The van der Waals surface area contributed by atoms with E-state index in [-0.39, 0.29) is 41.7 Å². The van der Waals surface area contributed by atoms with Crippen molar-refractivity contribution in [2.45, 2.75) is 62.4 Å². The minimum Gasteiger partial charge on any atom is -0.399 e. The predicted octanol–water partition coefficient (Wildman–Crippen LogP) is 3.92. The molecular weight excluding hydrogens is 616 g/mol. The number of sulfonamides is 1. The fourth-order valence-corrected chi connectivity index (χ4v) is 7.75. The summed E-state index contributed by atoms with van der Waals surface area (Å²) in [6.07, 6.45) is 2.13. The number of aliphatic hydroxyl groups excluding tert-OH is 1. The zero-order valence-corrected chi connectivity index (χ0v) is 28.1. The van der Waals surface area contributed by atoms with Crippen LogP contribution in [0.5, 0.6) is 0 Å². The van der Waals surface area contributed by atoms with Gasteiger partial charge in [0, 0.05) is 37.3 Å². The number of benzene rings is 3. The highest BCUT2D eigenvalue weighted by molar-refractivity contribution is 7.89. The van der Waals surface area contributed by atoms with Crippen molar-refractivity contribution in [3.05, 3.63) is 96.1 Å². The number of hydrogen-bond acceptors (Lipinski definition) is 7. The van der Waals surface area contributed by atoms with Crippen molar-refractivity contribution >= 4 is 27.5 Å². The summed E-state index contributed by atoms with van der Waals surface area (Å²) in [5.41, 5.74) is 8.04. The fourth-order valence-electron chi connectivity index (χ4n) is 5.94. The first kappa shape index (κ1) is 36.1. The summed E-state index contributed by atoms with van der Waals surface area (Å²) in [5, 5.41) is 16.4. The van der Waals surface area contributed by atoms with E-state index in [9.17, 15) is 23.1 Å². The van der Waals surface area contributed by atoms with Crippen molar-refractivity contribution in [2.75, 3.05) is 38.6 Å². The largest absolute Gasteiger partial charge is 0.399 e. The van der Waals surface area contributed by atoms with Gasteiger partial charge in [-0.25, -0.2) is 8.42 Å². The summed E-state index contributed by atoms with van der Waals surface area (Å²) in [7, 11) is -3.87. The average molecular weight is 665 g/mol. The molecule has 3 aromatic carbocycles. The SMILES string of the molecule is CC(C)CN([C@H](CO)CCCCNC(=O)[C@@H](NC(=O)C1CCOC1)C(c1ccccc1)c1ccccc1)S(=O)(=O)c1ccc(N)cc1. The van der Waals surface area contributed by atoms with Gasteiger partial charge in [0.05, 0.1) is 24.0 Å². The van der Waals surface area contributed by atoms with E-state index in [4.69, 9.17) is 10.5 Å². The first-order valence-corrected chi connectivity index (χ1v) is 17.8. The van der Waals surface area contributed by atoms with E-state index in [0.717, 1.165) is 11.1 Å². The van der Waals surface area contributed by atoms with Gasteiger partial charge in [-0.15, -0.1) is 0 Å². The van der Waals surface area contributed by atoms with Crippen molar-refractivity contribution in [1.82, 2.24) is 14.9 Å². The molecule has 4 rings (SSSR count). The van der Waals surface area contributed by atoms with Gasteiger partial charge in [-0.1, -0.05) is 80.9 Å². The number of nitrogen functional groups attached to an aromatic ring is 1. The van der Waals surface area contributed by atoms with Crippen molar-refractivity contribution in [2.24, 2.45) is 11.8 Å². The lowest BCUT2D eigenvalue weighted by molar-refractivity contribution is -0.131. The number of nitrogens with one attached hydrogen (secondary N) is 2. The van der Waals surface area contributed by atoms with Gasteiger partial charge in [0.1, 0.15) is 6.04 Å². The molecule has 47 heavy (non-hydrogen) atoms. The van der Waals surface area contributed by atoms with E-state index in [2.05, 4.69) is 10.6 Å². The van der Waals surface area contributed by atoms with Gasteiger partial charge in [-0.05, 0) is 60.6 Å². The molecule has 1 saturated heterocycles. The molecule has 1 fully saturated rings. The highest BCUT2D eigenvalue weighted by Gasteiger charge is 2.35. The molecule has 11 heteroatoms. The summed E-state index contributed by atoms with van der Waals surface area (Å²) >= 11 is 0. The number of anilines is 1. The quantitative estimate of drug-likeness (QED) is 0.126. The molecule has 3 aromatic rings. The smallest absolute Gasteiger partial charge is 0.243 e. The van der Waals surface area contributed by atoms with Crippen LogP contribution in [-0.4, -0.2) is 74.6 Å². The Morgan fingerprint density at radius 1 is 0.957 bits per heavy atom. The van der Waals surface area contributed by atoms with Crippen LogP contribution in [0.4, 0.5) is 5.69 Å². The van der Waals surface area contributed by atoms with E-state index >= 15 is 0 Å². The van der Waals surface area contributed by atoms with E-state index < -0.39 is 28.0 Å². The first-order valence-electron chi connectivity index (χ1n) is 16.4. The van der Waals surface area contributed by atoms with E-state index in [0.29, 0.717) is 51.1 Å². The van der Waals surface area contributed by atoms with Crippen LogP contribution in [0.25, 0.3) is 0 Å². The molecule has 1 aliphatic rings. The lowest BCUT2D eigenvalue weighted by Gasteiger charge is -2.31. The van der Waals surface area contributed by atoms with Gasteiger partial charge in [0.25, 0.3) is 0 Å². The molecule has 1 unspecified atom stereocenters. The minimum absolute atomic E-state index is 0.0389. The van der Waals surface area contributed by atoms with Gasteiger partial charge in [-0.3, -0.25) is 9.59 Å². The van der Waals surface area contributed by atoms with E-state index in [1.807, 2.05) is 74.5 Å². The summed E-state index contributed by atoms with van der Waals surface area (Å²) in [5.74, 6) is -1.22. The number of unbranched alkanes of at least 4 members (excludes halogenated alkanes) is 1. The number of nitrogens with two attached hydrogens (primary N) is 1. The molecule has 10 nitrogen and oxygen atoms in total. The third-order valence-corrected chi connectivity index (χ3v) is 10.4. The third kappa shape index (κ3) is 9.87. The molecule has 3 atom stereocenters. The zero-order valence-electron chi connectivity index (χ0n) is 27.3. The minimum atomic E-state index is -3.87. The van der Waals surface area contributed by atoms with Gasteiger partial charge in [0.15, 0.2) is 0 Å². The maximum atomic E-state index is 13.9. The predicted molar refractivity (Wildman–Crippen MR) is 183 cm³/mol. The lowest BCUT2D eigenvalue weighted by atomic mass is 9.84. The lowest BCUT2D eigenvalue weighted by Crippen LogP contribution is -2.52. The molecule has 0 bridgehead atoms. The van der Waals surface area contributed by atoms with Crippen LogP contribution in [0, 0.1) is 11.8 Å². The molecule has 0 saturated carbocycles. The molecule has 0 radical (unpaired) electrons. The molecule has 1 aliphatic heterocycles. The maximum Gasteiger partial charge on any atom is 0.243 e. The Hall–Kier alpha value is -3.77. The van der Waals surface area contributed by atoms with Crippen LogP contribution in [-0.2, 0) is 24.3 Å². The van der Waals surface area contributed by atoms with Gasteiger partial charge in [0.2, 0.25) is 21.8 Å². The Morgan fingerprint density at radius 3 is 2.11 bits per heavy atom. The Morgan fingerprint density at radius 2 is 1.57 bits per heavy atom. The highest BCUT2D eigenvalue weighted by Crippen LogP contribution is 2.29. The highest BCUT2D eigenvalue weighted by atomic mass is 32.2. The van der Waals surface area contributed by atoms with Crippen LogP contribution >= 0.6 is 0 Å². The molecule has 0 aromatic heterocycles. The first-order chi connectivity index (χ1) is 22.6. The van der Waals surface area contributed by atoms with Gasteiger partial charge >= 0.3 is 0 Å². The number of nitrogens with zero attached hydrogens (tertiary/aromatic N) is 1. The monoisotopic (exact) mass is 664 g/mol. The topological polar surface area (TPSA) is 151 Å². The Labute approximate surface area is 278 Å². The molecule has 5 N–H and O–H groups in total. The molecule has 0 aliphatic carbocycles. The van der Waals surface area contributed by atoms with Crippen molar-refractivity contribution < 1.29 is 27.9 Å². The van der Waals surface area contributed by atoms with Crippen molar-refractivity contribution in [1.29, 1.82) is 0 Å². The zero-order chi connectivity index (χ0) is 33.8. The van der Waals surface area contributed by atoms with Gasteiger partial charge in [-0.2, -0.15) is 4.31 Å². The number of aliphatic hydroxyl groups is 1. The Bertz CT molecular complexity index is 1470. The van der Waals surface area contributed by atoms with Crippen LogP contribution in [0.15, 0.2) is 89.8 Å². The Kier molecular flexibility index (Phi) is 13.4. The third-order valence-electron chi connectivity index (χ3n) is 8.44.